The zero-order valence-corrected chi connectivity index (χ0v) is 9.62. The molecule has 1 N–H and O–H groups in total. The van der Waals surface area contributed by atoms with E-state index in [0.29, 0.717) is 0 Å². The maximum absolute atomic E-state index is 8.66. The molecular weight excluding hydrogens is 158 g/mol. The molecule has 0 bridgehead atoms. The molecule has 0 saturated heterocycles. The van der Waals surface area contributed by atoms with Gasteiger partial charge in [0.15, 0.2) is 8.32 Å². The summed E-state index contributed by atoms with van der Waals surface area (Å²) in [6.45, 7) is 5.65. The third kappa shape index (κ3) is 245. The Morgan fingerprint density at radius 3 is 1.14 bits per heavy atom. The van der Waals surface area contributed by atoms with Crippen LogP contribution < -0.4 is 0 Å². The first-order valence-corrected chi connectivity index (χ1v) is 5.17. The van der Waals surface area contributed by atoms with Crippen molar-refractivity contribution in [3.8, 4) is 0 Å². The van der Waals surface area contributed by atoms with Crippen molar-refractivity contribution in [3.63, 3.8) is 0 Å². The number of rotatable bonds is 0. The Morgan fingerprint density at radius 2 is 1.14 bits per heavy atom. The molecule has 0 aromatic rings. The van der Waals surface area contributed by atoms with Crippen LogP contribution in [0.25, 0.3) is 0 Å². The zero-order valence-electron chi connectivity index (χ0n) is 5.65. The number of hydrogen-bond acceptors (Lipinski definition) is 1. The summed E-state index contributed by atoms with van der Waals surface area (Å²) < 4.78 is 0. The number of hydrogen-bond donors (Lipinski definition) is 1. The minimum Gasteiger partial charge on any atom is -0.433 e. The van der Waals surface area contributed by atoms with Gasteiger partial charge in [-0.05, 0) is 19.6 Å². The van der Waals surface area contributed by atoms with Crippen LogP contribution in [0.15, 0.2) is 0 Å². The molecule has 0 heterocycles. The van der Waals surface area contributed by atoms with Crippen molar-refractivity contribution >= 4 is 8.32 Å². The van der Waals surface area contributed by atoms with Crippen LogP contribution >= 0.6 is 0 Å². The molecule has 0 aromatic heterocycles. The quantitative estimate of drug-likeness (QED) is 0.429. The van der Waals surface area contributed by atoms with Crippen LogP contribution in [0.4, 0.5) is 0 Å². The second-order valence-electron chi connectivity index (χ2n) is 2.17. The maximum Gasteiger partial charge on any atom is 0.179 e. The standard InChI is InChI=1S/C3H10OSi.CH3.Zn/c1-5(2,3)4;;/h4H,1-3H3;1H3;/q;-1;. The van der Waals surface area contributed by atoms with E-state index in [2.05, 4.69) is 0 Å². The van der Waals surface area contributed by atoms with Crippen LogP contribution in [0.2, 0.25) is 19.6 Å². The molecule has 3 heteroatoms. The van der Waals surface area contributed by atoms with Crippen molar-refractivity contribution in [3.05, 3.63) is 7.43 Å². The third-order valence-electron chi connectivity index (χ3n) is 0. The van der Waals surface area contributed by atoms with Crippen molar-refractivity contribution in [2.75, 3.05) is 0 Å². The molecule has 0 fully saturated rings. The molecule has 7 heavy (non-hydrogen) atoms. The Bertz CT molecular complexity index is 27.2. The Hall–Kier alpha value is 0.800. The molecule has 0 amide bonds. The van der Waals surface area contributed by atoms with Crippen molar-refractivity contribution < 1.29 is 24.3 Å². The first-order chi connectivity index (χ1) is 2.00. The summed E-state index contributed by atoms with van der Waals surface area (Å²) in [5.74, 6) is 0. The molecule has 42 valence electrons. The summed E-state index contributed by atoms with van der Waals surface area (Å²) in [5.41, 5.74) is 0. The predicted molar refractivity (Wildman–Crippen MR) is 32.0 cm³/mol. The van der Waals surface area contributed by atoms with E-state index in [9.17, 15) is 0 Å². The Kier molecular flexibility index (Phi) is 11.1. The van der Waals surface area contributed by atoms with Crippen molar-refractivity contribution in [1.29, 1.82) is 0 Å². The summed E-state index contributed by atoms with van der Waals surface area (Å²) in [7, 11) is -1.61. The maximum atomic E-state index is 8.66. The van der Waals surface area contributed by atoms with Gasteiger partial charge in [-0.3, -0.25) is 0 Å². The van der Waals surface area contributed by atoms with Gasteiger partial charge in [0.1, 0.15) is 0 Å². The molecule has 0 unspecified atom stereocenters. The molecule has 0 aliphatic carbocycles. The van der Waals surface area contributed by atoms with Crippen LogP contribution in [0.5, 0.6) is 0 Å². The fraction of sp³-hybridized carbons (Fsp3) is 0.750. The topological polar surface area (TPSA) is 20.2 Å². The van der Waals surface area contributed by atoms with Gasteiger partial charge in [0.25, 0.3) is 0 Å². The Labute approximate surface area is 60.0 Å². The van der Waals surface area contributed by atoms with Crippen molar-refractivity contribution in [1.82, 2.24) is 0 Å². The van der Waals surface area contributed by atoms with Gasteiger partial charge in [-0.15, -0.1) is 0 Å². The minimum absolute atomic E-state index is 0. The molecule has 1 nitrogen and oxygen atoms in total. The van der Waals surface area contributed by atoms with Crippen LogP contribution in [-0.2, 0) is 19.5 Å². The molecule has 0 radical (unpaired) electrons. The van der Waals surface area contributed by atoms with Gasteiger partial charge in [0, 0.05) is 19.5 Å². The van der Waals surface area contributed by atoms with E-state index < -0.39 is 8.32 Å². The molecular formula is C4H13OSiZn-. The van der Waals surface area contributed by atoms with Crippen molar-refractivity contribution in [2.45, 2.75) is 19.6 Å². The molecule has 0 spiro atoms. The summed E-state index contributed by atoms with van der Waals surface area (Å²) >= 11 is 0. The smallest absolute Gasteiger partial charge is 0.179 e. The fourth-order valence-electron chi connectivity index (χ4n) is 0. The van der Waals surface area contributed by atoms with Gasteiger partial charge < -0.3 is 12.2 Å². The van der Waals surface area contributed by atoms with Gasteiger partial charge in [0.05, 0.1) is 0 Å². The van der Waals surface area contributed by atoms with E-state index in [1.807, 2.05) is 19.6 Å². The van der Waals surface area contributed by atoms with Gasteiger partial charge in [-0.25, -0.2) is 0 Å². The normalized spacial score (nSPS) is 8.57. The van der Waals surface area contributed by atoms with E-state index in [1.54, 1.807) is 0 Å². The van der Waals surface area contributed by atoms with Crippen LogP contribution in [0.1, 0.15) is 0 Å². The SMILES string of the molecule is C[Si](C)(C)O.[CH3-].[Zn]. The van der Waals surface area contributed by atoms with Crippen LogP contribution in [0.3, 0.4) is 0 Å². The monoisotopic (exact) mass is 169 g/mol. The largest absolute Gasteiger partial charge is 0.433 e. The van der Waals surface area contributed by atoms with E-state index in [1.165, 1.54) is 0 Å². The van der Waals surface area contributed by atoms with E-state index in [0.717, 1.165) is 0 Å². The second-order valence-corrected chi connectivity index (χ2v) is 6.51. The first kappa shape index (κ1) is 15.7. The molecule has 0 aromatic carbocycles. The molecule has 0 saturated carbocycles. The van der Waals surface area contributed by atoms with E-state index in [4.69, 9.17) is 4.80 Å². The Morgan fingerprint density at radius 1 is 1.14 bits per heavy atom. The molecule has 0 aliphatic heterocycles. The molecule has 0 rings (SSSR count). The van der Waals surface area contributed by atoms with Crippen LogP contribution in [0, 0.1) is 7.43 Å². The predicted octanol–water partition coefficient (Wildman–Crippen LogP) is 1.26. The van der Waals surface area contributed by atoms with Gasteiger partial charge >= 0.3 is 0 Å². The third-order valence-corrected chi connectivity index (χ3v) is 0. The summed E-state index contributed by atoms with van der Waals surface area (Å²) in [5, 5.41) is 0. The summed E-state index contributed by atoms with van der Waals surface area (Å²) in [6.07, 6.45) is 0. The molecule has 0 atom stereocenters. The van der Waals surface area contributed by atoms with Crippen molar-refractivity contribution in [2.24, 2.45) is 0 Å². The molecule has 0 aliphatic rings. The Balaban J connectivity index is -0.0000000800. The summed E-state index contributed by atoms with van der Waals surface area (Å²) in [4.78, 5) is 8.66. The van der Waals surface area contributed by atoms with Crippen LogP contribution in [-0.4, -0.2) is 13.1 Å². The average molecular weight is 171 g/mol. The minimum atomic E-state index is -1.61. The summed E-state index contributed by atoms with van der Waals surface area (Å²) in [6, 6.07) is 0. The fourth-order valence-corrected chi connectivity index (χ4v) is 0. The zero-order chi connectivity index (χ0) is 4.50. The van der Waals surface area contributed by atoms with Gasteiger partial charge in [0.2, 0.25) is 0 Å². The average Bonchev–Trinajstić information content (AvgIpc) is 0.722. The second kappa shape index (κ2) is 4.95. The van der Waals surface area contributed by atoms with Gasteiger partial charge in [-0.2, -0.15) is 0 Å². The van der Waals surface area contributed by atoms with Gasteiger partial charge in [-0.1, -0.05) is 0 Å². The first-order valence-electron chi connectivity index (χ1n) is 1.72. The van der Waals surface area contributed by atoms with E-state index >= 15 is 0 Å². The van der Waals surface area contributed by atoms with E-state index in [-0.39, 0.29) is 26.9 Å².